The van der Waals surface area contributed by atoms with E-state index in [1.54, 1.807) is 48.7 Å². The quantitative estimate of drug-likeness (QED) is 0.228. The highest BCUT2D eigenvalue weighted by atomic mass is 35.5. The molecule has 1 aliphatic carbocycles. The second-order valence-corrected chi connectivity index (χ2v) is 10.9. The van der Waals surface area contributed by atoms with Crippen LogP contribution in [-0.2, 0) is 4.79 Å². The maximum Gasteiger partial charge on any atom is 0.329 e. The molecule has 220 valence electrons. The molecule has 2 heterocycles. The van der Waals surface area contributed by atoms with Gasteiger partial charge in [-0.2, -0.15) is 0 Å². The lowest BCUT2D eigenvalue weighted by Gasteiger charge is -2.33. The van der Waals surface area contributed by atoms with E-state index in [0.29, 0.717) is 57.8 Å². The maximum absolute atomic E-state index is 13.4. The van der Waals surface area contributed by atoms with E-state index in [0.717, 1.165) is 38.8 Å². The third-order valence-electron chi connectivity index (χ3n) is 7.30. The Bertz CT molecular complexity index is 1370. The van der Waals surface area contributed by atoms with Crippen LogP contribution in [0, 0.1) is 0 Å². The minimum absolute atomic E-state index is 0. The first-order valence-corrected chi connectivity index (χ1v) is 14.3. The molecule has 8 nitrogen and oxygen atoms in total. The van der Waals surface area contributed by atoms with E-state index in [2.05, 4.69) is 29.2 Å². The van der Waals surface area contributed by atoms with Gasteiger partial charge in [0.05, 0.1) is 28.0 Å². The van der Waals surface area contributed by atoms with E-state index in [4.69, 9.17) is 32.9 Å². The van der Waals surface area contributed by atoms with E-state index in [1.165, 1.54) is 0 Å². The molecule has 1 aromatic carbocycles. The molecule has 0 saturated heterocycles. The summed E-state index contributed by atoms with van der Waals surface area (Å²) < 4.78 is 6.01. The van der Waals surface area contributed by atoms with Crippen molar-refractivity contribution in [1.29, 1.82) is 0 Å². The first-order valence-electron chi connectivity index (χ1n) is 13.5. The molecule has 0 spiro atoms. The monoisotopic (exact) mass is 620 g/mol. The molecule has 0 aliphatic heterocycles. The van der Waals surface area contributed by atoms with Crippen molar-refractivity contribution in [1.82, 2.24) is 20.2 Å². The molecule has 2 aromatic heterocycles. The lowest BCUT2D eigenvalue weighted by molar-refractivity contribution is -0.145. The molecule has 1 aliphatic rings. The number of aliphatic carboxylic acids is 1. The smallest absolute Gasteiger partial charge is 0.329 e. The Morgan fingerprint density at radius 3 is 2.51 bits per heavy atom. The van der Waals surface area contributed by atoms with Gasteiger partial charge in [-0.3, -0.25) is 9.78 Å². The van der Waals surface area contributed by atoms with E-state index >= 15 is 0 Å². The number of carboxylic acids is 1. The Morgan fingerprint density at radius 1 is 1.07 bits per heavy atom. The maximum atomic E-state index is 13.4. The first kappa shape index (κ1) is 32.6. The average molecular weight is 622 g/mol. The fourth-order valence-corrected chi connectivity index (χ4v) is 5.24. The summed E-state index contributed by atoms with van der Waals surface area (Å²) in [6.45, 7) is 4.44. The predicted molar refractivity (Wildman–Crippen MR) is 164 cm³/mol. The van der Waals surface area contributed by atoms with Crippen molar-refractivity contribution in [3.63, 3.8) is 0 Å². The number of nitrogens with zero attached hydrogens (tertiary/aromatic N) is 3. The first-order chi connectivity index (χ1) is 19.2. The number of amides is 1. The highest BCUT2D eigenvalue weighted by Crippen LogP contribution is 2.37. The summed E-state index contributed by atoms with van der Waals surface area (Å²) >= 11 is 13.0. The van der Waals surface area contributed by atoms with Gasteiger partial charge in [0.1, 0.15) is 17.0 Å². The number of carbonyl (C=O) groups excluding carboxylic acids is 1. The standard InChI is InChI=1S/C30H34Cl2N4O4.ClH/c1-3-36(2)17-8-18-40-25-19-20(10-12-22(25)31)26-21(27-23(32)9-7-16-33-27)11-13-24(34-26)28(37)35-30(29(38)39)14-5-4-6-15-30;/h7,9-13,16,19H,3-6,8,14-15,17-18H2,1-2H3,(H,35,37)(H,38,39);1H. The predicted octanol–water partition coefficient (Wildman–Crippen LogP) is 6.78. The average Bonchev–Trinajstić information content (AvgIpc) is 2.96. The SMILES string of the molecule is CCN(C)CCCOc1cc(-c2nc(C(=O)NC3(C(=O)O)CCCCC3)ccc2-c2ncccc2Cl)ccc1Cl.Cl. The number of aromatic nitrogens is 2. The van der Waals surface area contributed by atoms with Gasteiger partial charge in [-0.15, -0.1) is 12.4 Å². The van der Waals surface area contributed by atoms with Crippen molar-refractivity contribution in [2.75, 3.05) is 26.7 Å². The minimum Gasteiger partial charge on any atom is -0.492 e. The molecule has 1 fully saturated rings. The topological polar surface area (TPSA) is 105 Å². The van der Waals surface area contributed by atoms with Gasteiger partial charge in [-0.1, -0.05) is 55.5 Å². The summed E-state index contributed by atoms with van der Waals surface area (Å²) in [4.78, 5) is 36.9. The van der Waals surface area contributed by atoms with Gasteiger partial charge >= 0.3 is 5.97 Å². The Hall–Kier alpha value is -2.91. The number of carbonyl (C=O) groups is 2. The van der Waals surface area contributed by atoms with Crippen molar-refractivity contribution in [2.45, 2.75) is 51.0 Å². The zero-order valence-corrected chi connectivity index (χ0v) is 25.5. The number of pyridine rings is 2. The van der Waals surface area contributed by atoms with E-state index in [9.17, 15) is 14.7 Å². The zero-order chi connectivity index (χ0) is 28.7. The molecule has 41 heavy (non-hydrogen) atoms. The largest absolute Gasteiger partial charge is 0.492 e. The molecule has 0 bridgehead atoms. The molecule has 1 saturated carbocycles. The lowest BCUT2D eigenvalue weighted by atomic mass is 9.81. The summed E-state index contributed by atoms with van der Waals surface area (Å²) in [5.41, 5.74) is 1.03. The fraction of sp³-hybridized carbons (Fsp3) is 0.400. The molecule has 0 atom stereocenters. The lowest BCUT2D eigenvalue weighted by Crippen LogP contribution is -2.55. The van der Waals surface area contributed by atoms with E-state index in [1.807, 2.05) is 0 Å². The summed E-state index contributed by atoms with van der Waals surface area (Å²) in [6.07, 6.45) is 5.66. The number of ether oxygens (including phenoxy) is 1. The van der Waals surface area contributed by atoms with Gasteiger partial charge in [-0.25, -0.2) is 9.78 Å². The third kappa shape index (κ3) is 7.89. The summed E-state index contributed by atoms with van der Waals surface area (Å²) in [5, 5.41) is 13.6. The van der Waals surface area contributed by atoms with Crippen LogP contribution in [0.5, 0.6) is 5.75 Å². The van der Waals surface area contributed by atoms with Crippen LogP contribution in [0.3, 0.4) is 0 Å². The van der Waals surface area contributed by atoms with Crippen LogP contribution in [0.15, 0.2) is 48.7 Å². The summed E-state index contributed by atoms with van der Waals surface area (Å²) in [5.74, 6) is -1.07. The Kier molecular flexibility index (Phi) is 11.8. The van der Waals surface area contributed by atoms with Gasteiger partial charge in [0.25, 0.3) is 5.91 Å². The molecular formula is C30H35Cl3N4O4. The summed E-state index contributed by atoms with van der Waals surface area (Å²) in [6, 6.07) is 12.1. The minimum atomic E-state index is -1.30. The highest BCUT2D eigenvalue weighted by Gasteiger charge is 2.41. The highest BCUT2D eigenvalue weighted by molar-refractivity contribution is 6.33. The summed E-state index contributed by atoms with van der Waals surface area (Å²) in [7, 11) is 2.05. The second kappa shape index (κ2) is 14.8. The van der Waals surface area contributed by atoms with E-state index in [-0.39, 0.29) is 18.1 Å². The van der Waals surface area contributed by atoms with Crippen LogP contribution in [0.4, 0.5) is 0 Å². The molecule has 4 rings (SSSR count). The number of benzene rings is 1. The van der Waals surface area contributed by atoms with Crippen molar-refractivity contribution < 1.29 is 19.4 Å². The van der Waals surface area contributed by atoms with Crippen molar-refractivity contribution >= 4 is 47.5 Å². The van der Waals surface area contributed by atoms with Crippen molar-refractivity contribution in [3.8, 4) is 28.3 Å². The number of rotatable bonds is 11. The molecule has 0 unspecified atom stereocenters. The van der Waals surface area contributed by atoms with Crippen molar-refractivity contribution in [3.05, 3.63) is 64.4 Å². The third-order valence-corrected chi connectivity index (χ3v) is 7.91. The van der Waals surface area contributed by atoms with Crippen LogP contribution in [0.2, 0.25) is 10.0 Å². The van der Waals surface area contributed by atoms with Crippen LogP contribution in [0.25, 0.3) is 22.5 Å². The second-order valence-electron chi connectivity index (χ2n) is 10.1. The van der Waals surface area contributed by atoms with Crippen LogP contribution >= 0.6 is 35.6 Å². The number of halogens is 3. The van der Waals surface area contributed by atoms with Gasteiger partial charge in [-0.05, 0) is 69.3 Å². The van der Waals surface area contributed by atoms with Gasteiger partial charge in [0.15, 0.2) is 0 Å². The Labute approximate surface area is 256 Å². The van der Waals surface area contributed by atoms with Crippen LogP contribution in [-0.4, -0.2) is 64.1 Å². The molecule has 2 N–H and O–H groups in total. The Balaban J connectivity index is 0.00000462. The molecule has 0 radical (unpaired) electrons. The fourth-order valence-electron chi connectivity index (χ4n) is 4.85. The normalized spacial score (nSPS) is 14.3. The van der Waals surface area contributed by atoms with Crippen molar-refractivity contribution in [2.24, 2.45) is 0 Å². The van der Waals surface area contributed by atoms with Gasteiger partial charge in [0.2, 0.25) is 0 Å². The number of hydrogen-bond donors (Lipinski definition) is 2. The molecular weight excluding hydrogens is 587 g/mol. The van der Waals surface area contributed by atoms with Gasteiger partial charge in [0, 0.05) is 23.9 Å². The van der Waals surface area contributed by atoms with E-state index < -0.39 is 17.4 Å². The molecule has 11 heteroatoms. The zero-order valence-electron chi connectivity index (χ0n) is 23.2. The van der Waals surface area contributed by atoms with Gasteiger partial charge < -0.3 is 20.1 Å². The molecule has 1 amide bonds. The van der Waals surface area contributed by atoms with Crippen LogP contribution < -0.4 is 10.1 Å². The number of hydrogen-bond acceptors (Lipinski definition) is 6. The number of carboxylic acid groups (broad SMARTS) is 1. The number of nitrogens with one attached hydrogen (secondary N) is 1. The Morgan fingerprint density at radius 2 is 1.83 bits per heavy atom. The molecule has 3 aromatic rings. The van der Waals surface area contributed by atoms with Crippen LogP contribution in [0.1, 0.15) is 55.9 Å².